The number of ether oxygens (including phenoxy) is 1. The summed E-state index contributed by atoms with van der Waals surface area (Å²) >= 11 is 7.56. The minimum absolute atomic E-state index is 0.00340. The number of hydrogen-bond acceptors (Lipinski definition) is 5. The van der Waals surface area contributed by atoms with Crippen LogP contribution >= 0.6 is 22.9 Å². The lowest BCUT2D eigenvalue weighted by Gasteiger charge is -2.34. The van der Waals surface area contributed by atoms with Crippen LogP contribution in [0.2, 0.25) is 4.34 Å². The van der Waals surface area contributed by atoms with Crippen LogP contribution in [-0.4, -0.2) is 61.4 Å². The van der Waals surface area contributed by atoms with Gasteiger partial charge in [-0.05, 0) is 30.3 Å². The summed E-state index contributed by atoms with van der Waals surface area (Å²) in [4.78, 5) is 29.9. The van der Waals surface area contributed by atoms with Gasteiger partial charge in [-0.3, -0.25) is 14.5 Å². The van der Waals surface area contributed by atoms with Crippen molar-refractivity contribution in [3.05, 3.63) is 51.2 Å². The van der Waals surface area contributed by atoms with Crippen molar-refractivity contribution in [1.82, 2.24) is 15.1 Å². The fraction of sp³-hybridized carbons (Fsp3) is 0.368. The summed E-state index contributed by atoms with van der Waals surface area (Å²) in [5.74, 6) is 0.262. The number of thiophene rings is 1. The second-order valence-corrected chi connectivity index (χ2v) is 8.08. The molecule has 0 spiro atoms. The van der Waals surface area contributed by atoms with Crippen molar-refractivity contribution in [3.63, 3.8) is 0 Å². The zero-order valence-corrected chi connectivity index (χ0v) is 16.7. The van der Waals surface area contributed by atoms with Crippen LogP contribution < -0.4 is 10.1 Å². The molecule has 144 valence electrons. The average molecular weight is 408 g/mol. The molecule has 1 aliphatic rings. The number of benzene rings is 1. The van der Waals surface area contributed by atoms with Crippen molar-refractivity contribution >= 4 is 34.8 Å². The Morgan fingerprint density at radius 2 is 1.96 bits per heavy atom. The van der Waals surface area contributed by atoms with Crippen LogP contribution in [0.1, 0.15) is 15.2 Å². The number of rotatable bonds is 6. The first-order valence-corrected chi connectivity index (χ1v) is 9.91. The van der Waals surface area contributed by atoms with Crippen LogP contribution in [0, 0.1) is 0 Å². The number of carbonyl (C=O) groups is 2. The lowest BCUT2D eigenvalue weighted by Crippen LogP contribution is -2.50. The molecule has 0 aliphatic carbocycles. The molecule has 2 aromatic rings. The smallest absolute Gasteiger partial charge is 0.251 e. The molecule has 0 unspecified atom stereocenters. The number of nitrogens with zero attached hydrogens (tertiary/aromatic N) is 2. The van der Waals surface area contributed by atoms with Gasteiger partial charge in [0.15, 0.2) is 0 Å². The summed E-state index contributed by atoms with van der Waals surface area (Å²) < 4.78 is 5.91. The minimum Gasteiger partial charge on any atom is -0.497 e. The highest BCUT2D eigenvalue weighted by atomic mass is 35.5. The minimum atomic E-state index is -0.282. The molecular weight excluding hydrogens is 386 g/mol. The largest absolute Gasteiger partial charge is 0.497 e. The second kappa shape index (κ2) is 9.21. The maximum absolute atomic E-state index is 12.4. The van der Waals surface area contributed by atoms with E-state index < -0.39 is 0 Å². The molecule has 2 heterocycles. The van der Waals surface area contributed by atoms with E-state index >= 15 is 0 Å². The summed E-state index contributed by atoms with van der Waals surface area (Å²) in [7, 11) is 1.55. The van der Waals surface area contributed by atoms with Gasteiger partial charge in [0.2, 0.25) is 5.91 Å². The summed E-state index contributed by atoms with van der Waals surface area (Å²) in [5.41, 5.74) is 0.474. The molecule has 0 atom stereocenters. The summed E-state index contributed by atoms with van der Waals surface area (Å²) in [6, 6.07) is 10.8. The van der Waals surface area contributed by atoms with Gasteiger partial charge >= 0.3 is 0 Å². The molecule has 0 radical (unpaired) electrons. The number of piperazine rings is 1. The number of halogens is 1. The molecule has 1 N–H and O–H groups in total. The Morgan fingerprint density at radius 3 is 2.63 bits per heavy atom. The molecule has 1 aromatic heterocycles. The van der Waals surface area contributed by atoms with Gasteiger partial charge in [0.1, 0.15) is 5.75 Å². The van der Waals surface area contributed by atoms with E-state index in [4.69, 9.17) is 16.3 Å². The lowest BCUT2D eigenvalue weighted by atomic mass is 10.2. The summed E-state index contributed by atoms with van der Waals surface area (Å²) in [6.07, 6.45) is 0. The van der Waals surface area contributed by atoms with Gasteiger partial charge in [-0.2, -0.15) is 0 Å². The van der Waals surface area contributed by atoms with Gasteiger partial charge in [-0.15, -0.1) is 11.3 Å². The fourth-order valence-electron chi connectivity index (χ4n) is 2.95. The monoisotopic (exact) mass is 407 g/mol. The van der Waals surface area contributed by atoms with Crippen molar-refractivity contribution in [3.8, 4) is 5.75 Å². The zero-order valence-electron chi connectivity index (χ0n) is 15.1. The van der Waals surface area contributed by atoms with Crippen molar-refractivity contribution in [1.29, 1.82) is 0 Å². The lowest BCUT2D eigenvalue weighted by molar-refractivity contribution is -0.131. The van der Waals surface area contributed by atoms with Crippen LogP contribution in [0.25, 0.3) is 0 Å². The number of methoxy groups -OCH3 is 1. The Kier molecular flexibility index (Phi) is 6.71. The third-order valence-electron chi connectivity index (χ3n) is 4.47. The van der Waals surface area contributed by atoms with Crippen molar-refractivity contribution in [2.75, 3.05) is 39.8 Å². The molecule has 27 heavy (non-hydrogen) atoms. The Labute approximate surface area is 167 Å². The average Bonchev–Trinajstić information content (AvgIpc) is 3.11. The molecule has 1 saturated heterocycles. The third kappa shape index (κ3) is 5.45. The molecular formula is C19H22ClN3O3S. The van der Waals surface area contributed by atoms with E-state index in [9.17, 15) is 9.59 Å². The van der Waals surface area contributed by atoms with Gasteiger partial charge in [0.05, 0.1) is 18.0 Å². The Bertz CT molecular complexity index is 803. The first kappa shape index (κ1) is 19.7. The molecule has 2 amide bonds. The maximum atomic E-state index is 12.4. The normalized spacial score (nSPS) is 14.8. The van der Waals surface area contributed by atoms with Gasteiger partial charge in [-0.25, -0.2) is 0 Å². The quantitative estimate of drug-likeness (QED) is 0.799. The molecule has 0 bridgehead atoms. The van der Waals surface area contributed by atoms with Crippen LogP contribution in [0.5, 0.6) is 5.75 Å². The van der Waals surface area contributed by atoms with Gasteiger partial charge < -0.3 is 15.0 Å². The molecule has 1 aliphatic heterocycles. The molecule has 3 rings (SSSR count). The first-order chi connectivity index (χ1) is 13.0. The number of carbonyl (C=O) groups excluding carboxylic acids is 2. The summed E-state index contributed by atoms with van der Waals surface area (Å²) in [6.45, 7) is 3.79. The second-order valence-electron chi connectivity index (χ2n) is 6.28. The van der Waals surface area contributed by atoms with E-state index in [1.54, 1.807) is 47.6 Å². The van der Waals surface area contributed by atoms with Gasteiger partial charge in [0, 0.05) is 43.2 Å². The van der Waals surface area contributed by atoms with E-state index in [0.717, 1.165) is 24.0 Å². The Balaban J connectivity index is 1.43. The van der Waals surface area contributed by atoms with Crippen molar-refractivity contribution in [2.45, 2.75) is 6.54 Å². The van der Waals surface area contributed by atoms with E-state index in [-0.39, 0.29) is 18.4 Å². The Morgan fingerprint density at radius 1 is 1.19 bits per heavy atom. The zero-order chi connectivity index (χ0) is 19.2. The topological polar surface area (TPSA) is 61.9 Å². The van der Waals surface area contributed by atoms with E-state index in [0.29, 0.717) is 24.4 Å². The summed E-state index contributed by atoms with van der Waals surface area (Å²) in [5, 5.41) is 2.69. The van der Waals surface area contributed by atoms with Crippen molar-refractivity contribution in [2.24, 2.45) is 0 Å². The SMILES string of the molecule is COc1cccc(C(=O)NCC(=O)N2CCN(Cc3ccc(Cl)s3)CC2)c1. The first-order valence-electron chi connectivity index (χ1n) is 8.72. The fourth-order valence-corrected chi connectivity index (χ4v) is 4.08. The standard InChI is InChI=1S/C19H22ClN3O3S/c1-26-15-4-2-3-14(11-15)19(25)21-12-18(24)23-9-7-22(8-10-23)13-16-5-6-17(20)27-16/h2-6,11H,7-10,12-13H2,1H3,(H,21,25). The maximum Gasteiger partial charge on any atom is 0.251 e. The van der Waals surface area contributed by atoms with Crippen molar-refractivity contribution < 1.29 is 14.3 Å². The Hall–Kier alpha value is -2.09. The number of hydrogen-bond donors (Lipinski definition) is 1. The van der Waals surface area contributed by atoms with Gasteiger partial charge in [-0.1, -0.05) is 17.7 Å². The third-order valence-corrected chi connectivity index (χ3v) is 5.68. The highest BCUT2D eigenvalue weighted by Crippen LogP contribution is 2.23. The van der Waals surface area contributed by atoms with Crippen LogP contribution in [0.3, 0.4) is 0 Å². The highest BCUT2D eigenvalue weighted by Gasteiger charge is 2.22. The van der Waals surface area contributed by atoms with E-state index in [2.05, 4.69) is 10.2 Å². The predicted molar refractivity (Wildman–Crippen MR) is 107 cm³/mol. The van der Waals surface area contributed by atoms with E-state index in [1.807, 2.05) is 12.1 Å². The van der Waals surface area contributed by atoms with E-state index in [1.165, 1.54) is 4.88 Å². The molecule has 0 saturated carbocycles. The van der Waals surface area contributed by atoms with Crippen LogP contribution in [0.4, 0.5) is 0 Å². The molecule has 1 fully saturated rings. The number of amides is 2. The van der Waals surface area contributed by atoms with Crippen LogP contribution in [0.15, 0.2) is 36.4 Å². The predicted octanol–water partition coefficient (Wildman–Crippen LogP) is 2.48. The van der Waals surface area contributed by atoms with Gasteiger partial charge in [0.25, 0.3) is 5.91 Å². The molecule has 6 nitrogen and oxygen atoms in total. The highest BCUT2D eigenvalue weighted by molar-refractivity contribution is 7.16. The van der Waals surface area contributed by atoms with Crippen LogP contribution in [-0.2, 0) is 11.3 Å². The number of nitrogens with one attached hydrogen (secondary N) is 1. The molecule has 8 heteroatoms. The molecule has 1 aromatic carbocycles.